The fourth-order valence-electron chi connectivity index (χ4n) is 2.04. The van der Waals surface area contributed by atoms with Crippen LogP contribution in [0.15, 0.2) is 0 Å². The number of ether oxygens (including phenoxy) is 1. The number of likely N-dealkylation sites (tertiary alicyclic amines) is 1. The third-order valence-electron chi connectivity index (χ3n) is 3.09. The van der Waals surface area contributed by atoms with Gasteiger partial charge < -0.3 is 21.1 Å². The predicted molar refractivity (Wildman–Crippen MR) is 71.5 cm³/mol. The molecule has 0 aromatic carbocycles. The molecule has 1 aliphatic rings. The fraction of sp³-hybridized carbons (Fsp3) is 0.833. The van der Waals surface area contributed by atoms with Gasteiger partial charge in [0.2, 0.25) is 11.8 Å². The number of piperidine rings is 1. The first kappa shape index (κ1) is 15.9. The number of carbonyl (C=O) groups is 2. The summed E-state index contributed by atoms with van der Waals surface area (Å²) < 4.78 is 5.07. The molecule has 19 heavy (non-hydrogen) atoms. The molecule has 0 saturated carbocycles. The van der Waals surface area contributed by atoms with Crippen LogP contribution in [0.4, 0.5) is 0 Å². The normalized spacial score (nSPS) is 17.2. The number of rotatable bonds is 7. The zero-order valence-electron chi connectivity index (χ0n) is 11.5. The first-order chi connectivity index (χ1) is 9.15. The quantitative estimate of drug-likeness (QED) is 0.479. The van der Waals surface area contributed by atoms with E-state index < -0.39 is 0 Å². The second-order valence-corrected chi connectivity index (χ2v) is 4.63. The minimum Gasteiger partial charge on any atom is -0.370 e. The molecule has 0 spiro atoms. The molecule has 1 saturated heterocycles. The van der Waals surface area contributed by atoms with Crippen molar-refractivity contribution in [3.8, 4) is 0 Å². The lowest BCUT2D eigenvalue weighted by molar-refractivity contribution is -0.127. The highest BCUT2D eigenvalue weighted by Crippen LogP contribution is 2.09. The monoisotopic (exact) mass is 272 g/mol. The van der Waals surface area contributed by atoms with E-state index >= 15 is 0 Å². The minimum absolute atomic E-state index is 0.0256. The van der Waals surface area contributed by atoms with Gasteiger partial charge in [-0.2, -0.15) is 0 Å². The van der Waals surface area contributed by atoms with Crippen molar-refractivity contribution in [1.29, 1.82) is 0 Å². The van der Waals surface area contributed by atoms with Gasteiger partial charge in [-0.15, -0.1) is 0 Å². The summed E-state index contributed by atoms with van der Waals surface area (Å²) in [6.07, 6.45) is 1.72. The highest BCUT2D eigenvalue weighted by atomic mass is 16.5. The maximum Gasteiger partial charge on any atom is 0.246 e. The minimum atomic E-state index is -0.0989. The Morgan fingerprint density at radius 1 is 1.32 bits per heavy atom. The van der Waals surface area contributed by atoms with Crippen LogP contribution in [-0.4, -0.2) is 69.2 Å². The van der Waals surface area contributed by atoms with Crippen LogP contribution in [0, 0.1) is 0 Å². The molecule has 1 aliphatic heterocycles. The van der Waals surface area contributed by atoms with Gasteiger partial charge in [0.25, 0.3) is 0 Å². The number of nitrogens with one attached hydrogen (secondary N) is 2. The van der Waals surface area contributed by atoms with Crippen LogP contribution in [0.1, 0.15) is 12.8 Å². The summed E-state index contributed by atoms with van der Waals surface area (Å²) in [5.41, 5.74) is 5.27. The van der Waals surface area contributed by atoms with Crippen molar-refractivity contribution in [3.63, 3.8) is 0 Å². The number of nitrogens with two attached hydrogens (primary N) is 1. The van der Waals surface area contributed by atoms with E-state index in [9.17, 15) is 9.59 Å². The van der Waals surface area contributed by atoms with E-state index in [1.165, 1.54) is 0 Å². The molecule has 110 valence electrons. The summed E-state index contributed by atoms with van der Waals surface area (Å²) in [6.45, 7) is 2.96. The summed E-state index contributed by atoms with van der Waals surface area (Å²) in [5.74, 6) is -0.0733. The van der Waals surface area contributed by atoms with E-state index in [1.807, 2.05) is 0 Å². The Balaban J connectivity index is 2.15. The van der Waals surface area contributed by atoms with Crippen molar-refractivity contribution in [2.24, 2.45) is 5.73 Å². The van der Waals surface area contributed by atoms with Gasteiger partial charge in [-0.1, -0.05) is 0 Å². The van der Waals surface area contributed by atoms with Crippen LogP contribution in [0.5, 0.6) is 0 Å². The number of amides is 2. The lowest BCUT2D eigenvalue weighted by atomic mass is 10.1. The summed E-state index contributed by atoms with van der Waals surface area (Å²) >= 11 is 0. The number of likely N-dealkylation sites (N-methyl/N-ethyl adjacent to an activating group) is 1. The summed E-state index contributed by atoms with van der Waals surface area (Å²) in [4.78, 5) is 24.9. The third-order valence-corrected chi connectivity index (χ3v) is 3.09. The Morgan fingerprint density at radius 3 is 2.58 bits per heavy atom. The molecule has 0 aromatic heterocycles. The zero-order chi connectivity index (χ0) is 14.1. The van der Waals surface area contributed by atoms with Crippen LogP contribution in [0.25, 0.3) is 0 Å². The highest BCUT2D eigenvalue weighted by molar-refractivity contribution is 5.78. The Bertz CT molecular complexity index is 291. The van der Waals surface area contributed by atoms with Crippen LogP contribution in [0.3, 0.4) is 0 Å². The summed E-state index contributed by atoms with van der Waals surface area (Å²) in [5, 5.41) is 5.54. The molecule has 1 fully saturated rings. The fourth-order valence-corrected chi connectivity index (χ4v) is 2.04. The lowest BCUT2D eigenvalue weighted by Gasteiger charge is -2.31. The molecule has 0 unspecified atom stereocenters. The van der Waals surface area contributed by atoms with Gasteiger partial charge in [-0.3, -0.25) is 14.5 Å². The number of hydrogen-bond donors (Lipinski definition) is 3. The molecule has 2 amide bonds. The van der Waals surface area contributed by atoms with Crippen LogP contribution in [-0.2, 0) is 14.3 Å². The van der Waals surface area contributed by atoms with Crippen molar-refractivity contribution in [2.45, 2.75) is 18.9 Å². The predicted octanol–water partition coefficient (Wildman–Crippen LogP) is -1.71. The van der Waals surface area contributed by atoms with Crippen molar-refractivity contribution < 1.29 is 14.3 Å². The van der Waals surface area contributed by atoms with E-state index in [1.54, 1.807) is 7.05 Å². The first-order valence-corrected chi connectivity index (χ1v) is 6.65. The van der Waals surface area contributed by atoms with E-state index in [4.69, 9.17) is 10.5 Å². The average molecular weight is 272 g/mol. The first-order valence-electron chi connectivity index (χ1n) is 6.65. The zero-order valence-corrected chi connectivity index (χ0v) is 11.5. The van der Waals surface area contributed by atoms with Crippen LogP contribution < -0.4 is 16.4 Å². The number of carbonyl (C=O) groups excluding carboxylic acids is 2. The topological polar surface area (TPSA) is 96.7 Å². The van der Waals surface area contributed by atoms with Gasteiger partial charge in [-0.25, -0.2) is 0 Å². The molecule has 7 nitrogen and oxygen atoms in total. The molecule has 0 aromatic rings. The molecule has 0 atom stereocenters. The van der Waals surface area contributed by atoms with Gasteiger partial charge in [0.1, 0.15) is 6.61 Å². The Kier molecular flexibility index (Phi) is 7.39. The SMILES string of the molecule is CNC(=O)CN1CCC(NC(=O)COCCN)CC1. The molecule has 4 N–H and O–H groups in total. The molecule has 0 radical (unpaired) electrons. The average Bonchev–Trinajstić information content (AvgIpc) is 2.41. The largest absolute Gasteiger partial charge is 0.370 e. The molecular weight excluding hydrogens is 248 g/mol. The summed E-state index contributed by atoms with van der Waals surface area (Å²) in [7, 11) is 1.64. The maximum atomic E-state index is 11.5. The highest BCUT2D eigenvalue weighted by Gasteiger charge is 2.21. The van der Waals surface area contributed by atoms with Crippen LogP contribution >= 0.6 is 0 Å². The standard InChI is InChI=1S/C12H24N4O3/c1-14-11(17)8-16-5-2-10(3-6-16)15-12(18)9-19-7-4-13/h10H,2-9,13H2,1H3,(H,14,17)(H,15,18). The molecule has 7 heteroatoms. The second-order valence-electron chi connectivity index (χ2n) is 4.63. The number of hydrogen-bond acceptors (Lipinski definition) is 5. The third kappa shape index (κ3) is 6.51. The Hall–Kier alpha value is -1.18. The Morgan fingerprint density at radius 2 is 2.00 bits per heavy atom. The Labute approximate surface area is 113 Å². The van der Waals surface area contributed by atoms with E-state index in [0.717, 1.165) is 25.9 Å². The van der Waals surface area contributed by atoms with Gasteiger partial charge >= 0.3 is 0 Å². The smallest absolute Gasteiger partial charge is 0.246 e. The molecule has 1 heterocycles. The number of nitrogens with zero attached hydrogens (tertiary/aromatic N) is 1. The summed E-state index contributed by atoms with van der Waals surface area (Å²) in [6, 6.07) is 0.176. The van der Waals surface area contributed by atoms with Crippen molar-refractivity contribution in [2.75, 3.05) is 46.4 Å². The van der Waals surface area contributed by atoms with Crippen molar-refractivity contribution in [1.82, 2.24) is 15.5 Å². The van der Waals surface area contributed by atoms with E-state index in [2.05, 4.69) is 15.5 Å². The van der Waals surface area contributed by atoms with E-state index in [0.29, 0.717) is 19.7 Å². The lowest BCUT2D eigenvalue weighted by Crippen LogP contribution is -2.47. The van der Waals surface area contributed by atoms with Gasteiger partial charge in [0.05, 0.1) is 13.2 Å². The molecule has 0 bridgehead atoms. The maximum absolute atomic E-state index is 11.5. The molecular formula is C12H24N4O3. The van der Waals surface area contributed by atoms with Crippen molar-refractivity contribution >= 4 is 11.8 Å². The second kappa shape index (κ2) is 8.84. The van der Waals surface area contributed by atoms with Gasteiger partial charge in [0, 0.05) is 32.7 Å². The van der Waals surface area contributed by atoms with Crippen molar-refractivity contribution in [3.05, 3.63) is 0 Å². The van der Waals surface area contributed by atoms with Gasteiger partial charge in [0.15, 0.2) is 0 Å². The van der Waals surface area contributed by atoms with Crippen LogP contribution in [0.2, 0.25) is 0 Å². The molecule has 0 aliphatic carbocycles. The van der Waals surface area contributed by atoms with Gasteiger partial charge in [-0.05, 0) is 12.8 Å². The molecule has 1 rings (SSSR count). The van der Waals surface area contributed by atoms with E-state index in [-0.39, 0.29) is 24.5 Å².